The number of thiophene rings is 1. The second-order valence-corrected chi connectivity index (χ2v) is 6.96. The first kappa shape index (κ1) is 16.9. The third-order valence-corrected chi connectivity index (χ3v) is 5.02. The van der Waals surface area contributed by atoms with Crippen LogP contribution in [0.5, 0.6) is 0 Å². The molecule has 2 N–H and O–H groups in total. The number of rotatable bonds is 5. The molecule has 2 aromatic rings. The van der Waals surface area contributed by atoms with E-state index >= 15 is 0 Å². The molecule has 0 aliphatic rings. The quantitative estimate of drug-likeness (QED) is 0.810. The summed E-state index contributed by atoms with van der Waals surface area (Å²) in [5, 5.41) is 9.40. The zero-order chi connectivity index (χ0) is 16.1. The SMILES string of the molecule is Cc1cccc(NC(=S)NC[C@@H](c2cccs2)N(C)C)c1C. The van der Waals surface area contributed by atoms with E-state index in [0.29, 0.717) is 11.2 Å². The van der Waals surface area contributed by atoms with Crippen molar-refractivity contribution in [2.75, 3.05) is 26.0 Å². The fourth-order valence-corrected chi connectivity index (χ4v) is 3.38. The van der Waals surface area contributed by atoms with E-state index in [0.717, 1.165) is 12.2 Å². The van der Waals surface area contributed by atoms with E-state index in [1.54, 1.807) is 11.3 Å². The topological polar surface area (TPSA) is 27.3 Å². The third kappa shape index (κ3) is 4.29. The fraction of sp³-hybridized carbons (Fsp3) is 0.353. The van der Waals surface area contributed by atoms with Gasteiger partial charge in [0.15, 0.2) is 5.11 Å². The van der Waals surface area contributed by atoms with Crippen LogP contribution in [-0.4, -0.2) is 30.7 Å². The van der Waals surface area contributed by atoms with Gasteiger partial charge in [-0.15, -0.1) is 11.3 Å². The first-order valence-corrected chi connectivity index (χ1v) is 8.58. The van der Waals surface area contributed by atoms with Crippen LogP contribution in [0.3, 0.4) is 0 Å². The molecular formula is C17H23N3S2. The Labute approximate surface area is 142 Å². The number of hydrogen-bond acceptors (Lipinski definition) is 3. The molecule has 0 saturated carbocycles. The average Bonchev–Trinajstić information content (AvgIpc) is 2.98. The second-order valence-electron chi connectivity index (χ2n) is 5.58. The highest BCUT2D eigenvalue weighted by Gasteiger charge is 2.15. The van der Waals surface area contributed by atoms with Gasteiger partial charge in [-0.2, -0.15) is 0 Å². The molecule has 0 aliphatic carbocycles. The van der Waals surface area contributed by atoms with Crippen molar-refractivity contribution in [1.82, 2.24) is 10.2 Å². The molecule has 1 aromatic carbocycles. The molecule has 2 rings (SSSR count). The molecule has 0 aliphatic heterocycles. The zero-order valence-electron chi connectivity index (χ0n) is 13.5. The molecule has 0 amide bonds. The first-order chi connectivity index (χ1) is 10.5. The molecule has 5 heteroatoms. The van der Waals surface area contributed by atoms with Gasteiger partial charge in [0.1, 0.15) is 0 Å². The molecule has 1 aromatic heterocycles. The van der Waals surface area contributed by atoms with Crippen LogP contribution in [0.25, 0.3) is 0 Å². The van der Waals surface area contributed by atoms with Gasteiger partial charge in [-0.05, 0) is 68.8 Å². The van der Waals surface area contributed by atoms with Gasteiger partial charge < -0.3 is 15.5 Å². The van der Waals surface area contributed by atoms with Gasteiger partial charge in [-0.25, -0.2) is 0 Å². The number of hydrogen-bond donors (Lipinski definition) is 2. The minimum absolute atomic E-state index is 0.318. The lowest BCUT2D eigenvalue weighted by molar-refractivity contribution is 0.303. The number of thiocarbonyl (C=S) groups is 1. The van der Waals surface area contributed by atoms with Crippen molar-refractivity contribution < 1.29 is 0 Å². The monoisotopic (exact) mass is 333 g/mol. The van der Waals surface area contributed by atoms with Gasteiger partial charge in [-0.1, -0.05) is 18.2 Å². The lowest BCUT2D eigenvalue weighted by Gasteiger charge is -2.24. The highest BCUT2D eigenvalue weighted by atomic mass is 32.1. The summed E-state index contributed by atoms with van der Waals surface area (Å²) in [5.74, 6) is 0. The van der Waals surface area contributed by atoms with Gasteiger partial charge in [0, 0.05) is 17.1 Å². The van der Waals surface area contributed by atoms with Crippen molar-refractivity contribution in [2.45, 2.75) is 19.9 Å². The second kappa shape index (κ2) is 7.72. The molecule has 0 radical (unpaired) electrons. The minimum Gasteiger partial charge on any atom is -0.360 e. The Kier molecular flexibility index (Phi) is 5.94. The molecular weight excluding hydrogens is 310 g/mol. The summed E-state index contributed by atoms with van der Waals surface area (Å²) >= 11 is 7.21. The summed E-state index contributed by atoms with van der Waals surface area (Å²) in [6.07, 6.45) is 0. The Balaban J connectivity index is 1.96. The minimum atomic E-state index is 0.318. The van der Waals surface area contributed by atoms with Crippen molar-refractivity contribution in [1.29, 1.82) is 0 Å². The maximum absolute atomic E-state index is 5.44. The van der Waals surface area contributed by atoms with Crippen LogP contribution in [0.4, 0.5) is 5.69 Å². The Hall–Kier alpha value is -1.43. The number of nitrogens with zero attached hydrogens (tertiary/aromatic N) is 1. The maximum Gasteiger partial charge on any atom is 0.170 e. The summed E-state index contributed by atoms with van der Waals surface area (Å²) in [5.41, 5.74) is 3.56. The molecule has 3 nitrogen and oxygen atoms in total. The molecule has 0 spiro atoms. The van der Waals surface area contributed by atoms with Crippen molar-refractivity contribution in [3.63, 3.8) is 0 Å². The summed E-state index contributed by atoms with van der Waals surface area (Å²) in [4.78, 5) is 3.55. The Morgan fingerprint density at radius 1 is 1.23 bits per heavy atom. The summed E-state index contributed by atoms with van der Waals surface area (Å²) < 4.78 is 0. The van der Waals surface area contributed by atoms with Crippen molar-refractivity contribution in [2.24, 2.45) is 0 Å². The molecule has 1 atom stereocenters. The standard InChI is InChI=1S/C17H23N3S2/c1-12-7-5-8-14(13(12)2)19-17(21)18-11-15(20(3)4)16-9-6-10-22-16/h5-10,15H,11H2,1-4H3,(H2,18,19,21)/t15-/m0/s1. The highest BCUT2D eigenvalue weighted by Crippen LogP contribution is 2.22. The lowest BCUT2D eigenvalue weighted by atomic mass is 10.1. The van der Waals surface area contributed by atoms with E-state index in [1.165, 1.54) is 16.0 Å². The molecule has 22 heavy (non-hydrogen) atoms. The van der Waals surface area contributed by atoms with Gasteiger partial charge in [-0.3, -0.25) is 0 Å². The van der Waals surface area contributed by atoms with Crippen molar-refractivity contribution in [3.05, 3.63) is 51.7 Å². The van der Waals surface area contributed by atoms with Crippen LogP contribution in [0, 0.1) is 13.8 Å². The van der Waals surface area contributed by atoms with Crippen LogP contribution in [0.1, 0.15) is 22.0 Å². The molecule has 0 saturated heterocycles. The van der Waals surface area contributed by atoms with Crippen LogP contribution in [0.2, 0.25) is 0 Å². The van der Waals surface area contributed by atoms with Gasteiger partial charge in [0.05, 0.1) is 6.04 Å². The lowest BCUT2D eigenvalue weighted by Crippen LogP contribution is -2.36. The van der Waals surface area contributed by atoms with Crippen molar-refractivity contribution >= 4 is 34.4 Å². The Morgan fingerprint density at radius 2 is 2.00 bits per heavy atom. The smallest absolute Gasteiger partial charge is 0.170 e. The normalized spacial score (nSPS) is 12.2. The summed E-state index contributed by atoms with van der Waals surface area (Å²) in [6, 6.07) is 10.8. The number of anilines is 1. The fourth-order valence-electron chi connectivity index (χ4n) is 2.26. The van der Waals surface area contributed by atoms with Crippen molar-refractivity contribution in [3.8, 4) is 0 Å². The van der Waals surface area contributed by atoms with E-state index in [-0.39, 0.29) is 0 Å². The van der Waals surface area contributed by atoms with Gasteiger partial charge in [0.2, 0.25) is 0 Å². The molecule has 0 unspecified atom stereocenters. The zero-order valence-corrected chi connectivity index (χ0v) is 15.1. The molecule has 1 heterocycles. The molecule has 0 fully saturated rings. The summed E-state index contributed by atoms with van der Waals surface area (Å²) in [7, 11) is 4.18. The van der Waals surface area contributed by atoms with Gasteiger partial charge >= 0.3 is 0 Å². The van der Waals surface area contributed by atoms with E-state index in [4.69, 9.17) is 12.2 Å². The van der Waals surface area contributed by atoms with Gasteiger partial charge in [0.25, 0.3) is 0 Å². The van der Waals surface area contributed by atoms with E-state index in [2.05, 4.69) is 73.1 Å². The number of benzene rings is 1. The van der Waals surface area contributed by atoms with E-state index in [9.17, 15) is 0 Å². The van der Waals surface area contributed by atoms with Crippen LogP contribution in [0.15, 0.2) is 35.7 Å². The maximum atomic E-state index is 5.44. The Morgan fingerprint density at radius 3 is 2.64 bits per heavy atom. The summed E-state index contributed by atoms with van der Waals surface area (Å²) in [6.45, 7) is 4.99. The van der Waals surface area contributed by atoms with Crippen LogP contribution in [-0.2, 0) is 0 Å². The van der Waals surface area contributed by atoms with Crippen LogP contribution >= 0.6 is 23.6 Å². The number of likely N-dealkylation sites (N-methyl/N-ethyl adjacent to an activating group) is 1. The third-order valence-electron chi connectivity index (χ3n) is 3.80. The predicted octanol–water partition coefficient (Wildman–Crippen LogP) is 3.95. The number of aryl methyl sites for hydroxylation is 1. The van der Waals surface area contributed by atoms with E-state index in [1.807, 2.05) is 6.07 Å². The average molecular weight is 334 g/mol. The predicted molar refractivity (Wildman–Crippen MR) is 101 cm³/mol. The molecule has 118 valence electrons. The number of nitrogens with one attached hydrogen (secondary N) is 2. The largest absolute Gasteiger partial charge is 0.360 e. The Bertz CT molecular complexity index is 621. The van der Waals surface area contributed by atoms with Crippen LogP contribution < -0.4 is 10.6 Å². The van der Waals surface area contributed by atoms with E-state index < -0.39 is 0 Å². The highest BCUT2D eigenvalue weighted by molar-refractivity contribution is 7.80. The first-order valence-electron chi connectivity index (χ1n) is 7.30. The molecule has 0 bridgehead atoms.